The molecule has 0 bridgehead atoms. The lowest BCUT2D eigenvalue weighted by Gasteiger charge is -2.17. The van der Waals surface area contributed by atoms with Crippen molar-refractivity contribution < 1.29 is 9.53 Å². The van der Waals surface area contributed by atoms with E-state index in [1.165, 1.54) is 6.92 Å². The zero-order valence-corrected chi connectivity index (χ0v) is 10.4. The van der Waals surface area contributed by atoms with E-state index in [-0.39, 0.29) is 12.1 Å². The fourth-order valence-corrected chi connectivity index (χ4v) is 2.12. The van der Waals surface area contributed by atoms with Crippen LogP contribution in [0.3, 0.4) is 0 Å². The molecule has 0 aliphatic carbocycles. The van der Waals surface area contributed by atoms with Crippen LogP contribution in [-0.4, -0.2) is 5.97 Å². The van der Waals surface area contributed by atoms with Crippen molar-refractivity contribution in [2.45, 2.75) is 19.4 Å². The Morgan fingerprint density at radius 2 is 2.00 bits per heavy atom. The first kappa shape index (κ1) is 12.4. The molecule has 0 aliphatic heterocycles. The molecule has 1 atom stereocenters. The lowest BCUT2D eigenvalue weighted by Crippen LogP contribution is -2.08. The summed E-state index contributed by atoms with van der Waals surface area (Å²) < 4.78 is 5.37. The summed E-state index contributed by atoms with van der Waals surface area (Å²) in [5.74, 6) is -0.269. The van der Waals surface area contributed by atoms with Crippen molar-refractivity contribution >= 4 is 16.7 Å². The van der Waals surface area contributed by atoms with Crippen LogP contribution in [-0.2, 0) is 9.53 Å². The van der Waals surface area contributed by atoms with Gasteiger partial charge in [-0.05, 0) is 10.8 Å². The second-order valence-electron chi connectivity index (χ2n) is 4.19. The molecule has 0 unspecified atom stereocenters. The van der Waals surface area contributed by atoms with Crippen LogP contribution < -0.4 is 0 Å². The highest BCUT2D eigenvalue weighted by Gasteiger charge is 2.15. The summed E-state index contributed by atoms with van der Waals surface area (Å²) >= 11 is 0. The van der Waals surface area contributed by atoms with Gasteiger partial charge in [-0.1, -0.05) is 48.5 Å². The topological polar surface area (TPSA) is 26.3 Å². The molecule has 0 radical (unpaired) electrons. The molecule has 2 aromatic carbocycles. The Balaban J connectivity index is 2.49. The Morgan fingerprint density at radius 3 is 2.72 bits per heavy atom. The van der Waals surface area contributed by atoms with E-state index in [4.69, 9.17) is 4.74 Å². The van der Waals surface area contributed by atoms with Crippen molar-refractivity contribution in [1.29, 1.82) is 0 Å². The van der Waals surface area contributed by atoms with Crippen molar-refractivity contribution in [3.05, 3.63) is 60.7 Å². The fourth-order valence-electron chi connectivity index (χ4n) is 2.12. The fraction of sp³-hybridized carbons (Fsp3) is 0.188. The summed E-state index contributed by atoms with van der Waals surface area (Å²) in [5.41, 5.74) is 1.03. The molecule has 0 spiro atoms. The molecule has 0 aliphatic rings. The minimum absolute atomic E-state index is 0.258. The first-order valence-corrected chi connectivity index (χ1v) is 5.98. The van der Waals surface area contributed by atoms with E-state index in [2.05, 4.69) is 18.7 Å². The Morgan fingerprint density at radius 1 is 1.28 bits per heavy atom. The van der Waals surface area contributed by atoms with Crippen molar-refractivity contribution in [2.24, 2.45) is 0 Å². The number of hydrogen-bond acceptors (Lipinski definition) is 2. The summed E-state index contributed by atoms with van der Waals surface area (Å²) in [5, 5.41) is 2.27. The van der Waals surface area contributed by atoms with Gasteiger partial charge < -0.3 is 4.74 Å². The molecule has 92 valence electrons. The van der Waals surface area contributed by atoms with Crippen LogP contribution in [0.2, 0.25) is 0 Å². The highest BCUT2D eigenvalue weighted by atomic mass is 16.5. The number of carbonyl (C=O) groups excluding carboxylic acids is 1. The van der Waals surface area contributed by atoms with E-state index in [1.807, 2.05) is 30.3 Å². The highest BCUT2D eigenvalue weighted by Crippen LogP contribution is 2.29. The smallest absolute Gasteiger partial charge is 0.303 e. The molecule has 0 saturated heterocycles. The predicted octanol–water partition coefficient (Wildman–Crippen LogP) is 4.02. The number of rotatable bonds is 4. The number of carbonyl (C=O) groups is 1. The molecule has 2 rings (SSSR count). The van der Waals surface area contributed by atoms with Gasteiger partial charge in [-0.3, -0.25) is 4.79 Å². The van der Waals surface area contributed by atoms with Gasteiger partial charge in [0.25, 0.3) is 0 Å². The van der Waals surface area contributed by atoms with Crippen molar-refractivity contribution in [3.8, 4) is 0 Å². The third-order valence-electron chi connectivity index (χ3n) is 2.86. The minimum Gasteiger partial charge on any atom is -0.457 e. The molecule has 0 aromatic heterocycles. The van der Waals surface area contributed by atoms with Gasteiger partial charge in [0.1, 0.15) is 6.10 Å². The van der Waals surface area contributed by atoms with E-state index < -0.39 is 0 Å². The Kier molecular flexibility index (Phi) is 3.78. The Hall–Kier alpha value is -2.09. The predicted molar refractivity (Wildman–Crippen MR) is 73.3 cm³/mol. The van der Waals surface area contributed by atoms with Crippen molar-refractivity contribution in [2.75, 3.05) is 0 Å². The zero-order valence-electron chi connectivity index (χ0n) is 10.4. The van der Waals surface area contributed by atoms with E-state index in [9.17, 15) is 4.79 Å². The van der Waals surface area contributed by atoms with Crippen LogP contribution in [0.5, 0.6) is 0 Å². The van der Waals surface area contributed by atoms with E-state index in [1.54, 1.807) is 6.08 Å². The Bertz CT molecular complexity index is 567. The third kappa shape index (κ3) is 2.59. The van der Waals surface area contributed by atoms with Gasteiger partial charge >= 0.3 is 5.97 Å². The number of ether oxygens (including phenoxy) is 1. The molecule has 0 N–H and O–H groups in total. The van der Waals surface area contributed by atoms with Crippen LogP contribution in [0, 0.1) is 0 Å². The molecular formula is C16H16O2. The molecule has 0 saturated carbocycles. The molecule has 2 heteroatoms. The lowest BCUT2D eigenvalue weighted by atomic mass is 9.98. The molecule has 0 amide bonds. The van der Waals surface area contributed by atoms with Gasteiger partial charge in [-0.25, -0.2) is 0 Å². The van der Waals surface area contributed by atoms with Gasteiger partial charge in [0.05, 0.1) is 0 Å². The van der Waals surface area contributed by atoms with Gasteiger partial charge in [0.15, 0.2) is 0 Å². The largest absolute Gasteiger partial charge is 0.457 e. The molecule has 2 nitrogen and oxygen atoms in total. The maximum Gasteiger partial charge on any atom is 0.303 e. The molecule has 0 heterocycles. The van der Waals surface area contributed by atoms with E-state index >= 15 is 0 Å². The number of hydrogen-bond donors (Lipinski definition) is 0. The summed E-state index contributed by atoms with van der Waals surface area (Å²) in [6.45, 7) is 5.15. The number of benzene rings is 2. The summed E-state index contributed by atoms with van der Waals surface area (Å²) in [6, 6.07) is 14.1. The van der Waals surface area contributed by atoms with Crippen LogP contribution in [0.1, 0.15) is 25.0 Å². The Labute approximate surface area is 107 Å². The lowest BCUT2D eigenvalue weighted by molar-refractivity contribution is -0.146. The maximum atomic E-state index is 11.2. The number of esters is 1. The maximum absolute atomic E-state index is 11.2. The molecule has 2 aromatic rings. The average molecular weight is 240 g/mol. The normalized spacial score (nSPS) is 12.1. The van der Waals surface area contributed by atoms with Crippen LogP contribution >= 0.6 is 0 Å². The standard InChI is InChI=1S/C16H16O2/c1-3-7-16(18-12(2)17)15-11-6-9-13-8-4-5-10-14(13)15/h3-6,8-11,16H,1,7H2,2H3/t16-/m1/s1. The van der Waals surface area contributed by atoms with Crippen LogP contribution in [0.15, 0.2) is 55.1 Å². The van der Waals surface area contributed by atoms with Crippen molar-refractivity contribution in [3.63, 3.8) is 0 Å². The van der Waals surface area contributed by atoms with Gasteiger partial charge in [0, 0.05) is 18.9 Å². The van der Waals surface area contributed by atoms with E-state index in [0.29, 0.717) is 6.42 Å². The number of fused-ring (bicyclic) bond motifs is 1. The second-order valence-corrected chi connectivity index (χ2v) is 4.19. The van der Waals surface area contributed by atoms with Gasteiger partial charge in [0.2, 0.25) is 0 Å². The summed E-state index contributed by atoms with van der Waals surface area (Å²) in [7, 11) is 0. The van der Waals surface area contributed by atoms with Crippen LogP contribution in [0.4, 0.5) is 0 Å². The SMILES string of the molecule is C=CC[C@@H](OC(C)=O)c1cccc2ccccc12. The van der Waals surface area contributed by atoms with E-state index in [0.717, 1.165) is 16.3 Å². The van der Waals surface area contributed by atoms with Crippen LogP contribution in [0.25, 0.3) is 10.8 Å². The van der Waals surface area contributed by atoms with Gasteiger partial charge in [-0.2, -0.15) is 0 Å². The first-order chi connectivity index (χ1) is 8.72. The summed E-state index contributed by atoms with van der Waals surface area (Å²) in [6.07, 6.45) is 2.13. The highest BCUT2D eigenvalue weighted by molar-refractivity contribution is 5.86. The third-order valence-corrected chi connectivity index (χ3v) is 2.86. The first-order valence-electron chi connectivity index (χ1n) is 5.98. The average Bonchev–Trinajstić information content (AvgIpc) is 2.37. The minimum atomic E-state index is -0.269. The molecule has 18 heavy (non-hydrogen) atoms. The summed E-state index contributed by atoms with van der Waals surface area (Å²) in [4.78, 5) is 11.2. The molecular weight excluding hydrogens is 224 g/mol. The van der Waals surface area contributed by atoms with Gasteiger partial charge in [-0.15, -0.1) is 6.58 Å². The monoisotopic (exact) mass is 240 g/mol. The zero-order chi connectivity index (χ0) is 13.0. The second kappa shape index (κ2) is 5.50. The molecule has 0 fully saturated rings. The quantitative estimate of drug-likeness (QED) is 0.596. The van der Waals surface area contributed by atoms with Crippen molar-refractivity contribution in [1.82, 2.24) is 0 Å².